The number of ether oxygens (including phenoxy) is 1. The van der Waals surface area contributed by atoms with E-state index in [0.717, 1.165) is 38.0 Å². The Morgan fingerprint density at radius 1 is 1.47 bits per heavy atom. The van der Waals surface area contributed by atoms with Crippen LogP contribution in [0.15, 0.2) is 16.7 Å². The SMILES string of the molecule is COCCN(Cc1occc1CNC1CC1)C(C)C. The highest BCUT2D eigenvalue weighted by Gasteiger charge is 2.21. The molecule has 0 aliphatic heterocycles. The molecule has 1 aliphatic carbocycles. The van der Waals surface area contributed by atoms with Crippen LogP contribution in [0.3, 0.4) is 0 Å². The molecule has 0 unspecified atom stereocenters. The summed E-state index contributed by atoms with van der Waals surface area (Å²) in [6.07, 6.45) is 4.44. The van der Waals surface area contributed by atoms with Crippen LogP contribution in [0.4, 0.5) is 0 Å². The molecule has 0 atom stereocenters. The number of furan rings is 1. The summed E-state index contributed by atoms with van der Waals surface area (Å²) in [5, 5.41) is 3.54. The van der Waals surface area contributed by atoms with Crippen LogP contribution in [0.1, 0.15) is 38.0 Å². The minimum atomic E-state index is 0.490. The van der Waals surface area contributed by atoms with Gasteiger partial charge in [0.25, 0.3) is 0 Å². The van der Waals surface area contributed by atoms with Gasteiger partial charge in [-0.1, -0.05) is 0 Å². The maximum atomic E-state index is 5.66. The van der Waals surface area contributed by atoms with Crippen molar-refractivity contribution in [3.8, 4) is 0 Å². The van der Waals surface area contributed by atoms with Crippen molar-refractivity contribution in [1.82, 2.24) is 10.2 Å². The highest BCUT2D eigenvalue weighted by atomic mass is 16.5. The fourth-order valence-electron chi connectivity index (χ4n) is 2.12. The normalized spacial score (nSPS) is 15.6. The average molecular weight is 266 g/mol. The molecule has 0 amide bonds. The Bertz CT molecular complexity index is 372. The molecule has 0 aromatic carbocycles. The van der Waals surface area contributed by atoms with Crippen LogP contribution in [0.25, 0.3) is 0 Å². The summed E-state index contributed by atoms with van der Waals surface area (Å²) in [7, 11) is 1.75. The molecule has 4 heteroatoms. The Kier molecular flexibility index (Phi) is 5.43. The van der Waals surface area contributed by atoms with Crippen molar-refractivity contribution >= 4 is 0 Å². The van der Waals surface area contributed by atoms with Gasteiger partial charge in [-0.15, -0.1) is 0 Å². The molecule has 0 bridgehead atoms. The summed E-state index contributed by atoms with van der Waals surface area (Å²) in [6, 6.07) is 3.31. The number of nitrogens with one attached hydrogen (secondary N) is 1. The lowest BCUT2D eigenvalue weighted by atomic mass is 10.2. The molecule has 1 N–H and O–H groups in total. The highest BCUT2D eigenvalue weighted by Crippen LogP contribution is 2.21. The predicted octanol–water partition coefficient (Wildman–Crippen LogP) is 2.39. The topological polar surface area (TPSA) is 37.6 Å². The maximum absolute atomic E-state index is 5.66. The van der Waals surface area contributed by atoms with Crippen LogP contribution in [0.5, 0.6) is 0 Å². The van der Waals surface area contributed by atoms with Gasteiger partial charge in [-0.05, 0) is 32.8 Å². The molecular formula is C15H26N2O2. The predicted molar refractivity (Wildman–Crippen MR) is 76.0 cm³/mol. The molecule has 0 radical (unpaired) electrons. The van der Waals surface area contributed by atoms with Gasteiger partial charge >= 0.3 is 0 Å². The lowest BCUT2D eigenvalue weighted by Crippen LogP contribution is -2.33. The molecule has 1 saturated carbocycles. The molecular weight excluding hydrogens is 240 g/mol. The second-order valence-corrected chi connectivity index (χ2v) is 5.58. The fraction of sp³-hybridized carbons (Fsp3) is 0.733. The molecule has 1 heterocycles. The molecule has 2 rings (SSSR count). The number of methoxy groups -OCH3 is 1. The Balaban J connectivity index is 1.89. The molecule has 1 fully saturated rings. The number of rotatable bonds is 9. The number of nitrogens with zero attached hydrogens (tertiary/aromatic N) is 1. The smallest absolute Gasteiger partial charge is 0.122 e. The molecule has 1 aromatic heterocycles. The summed E-state index contributed by atoms with van der Waals surface area (Å²) < 4.78 is 10.8. The zero-order valence-corrected chi connectivity index (χ0v) is 12.3. The molecule has 1 aliphatic rings. The average Bonchev–Trinajstić information content (AvgIpc) is 3.11. The van der Waals surface area contributed by atoms with Gasteiger partial charge in [0.05, 0.1) is 19.4 Å². The van der Waals surface area contributed by atoms with Crippen LogP contribution < -0.4 is 5.32 Å². The first kappa shape index (κ1) is 14.6. The van der Waals surface area contributed by atoms with Crippen molar-refractivity contribution in [2.24, 2.45) is 0 Å². The Morgan fingerprint density at radius 3 is 2.89 bits per heavy atom. The summed E-state index contributed by atoms with van der Waals surface area (Å²) >= 11 is 0. The van der Waals surface area contributed by atoms with Gasteiger partial charge in [0.1, 0.15) is 5.76 Å². The van der Waals surface area contributed by atoms with Crippen molar-refractivity contribution < 1.29 is 9.15 Å². The maximum Gasteiger partial charge on any atom is 0.122 e. The third kappa shape index (κ3) is 4.64. The van der Waals surface area contributed by atoms with Crippen molar-refractivity contribution in [3.05, 3.63) is 23.7 Å². The molecule has 0 saturated heterocycles. The van der Waals surface area contributed by atoms with Crippen molar-refractivity contribution in [3.63, 3.8) is 0 Å². The first-order chi connectivity index (χ1) is 9.20. The van der Waals surface area contributed by atoms with E-state index in [4.69, 9.17) is 9.15 Å². The third-order valence-corrected chi connectivity index (χ3v) is 3.66. The summed E-state index contributed by atoms with van der Waals surface area (Å²) in [6.45, 7) is 7.89. The minimum Gasteiger partial charge on any atom is -0.468 e. The first-order valence-corrected chi connectivity index (χ1v) is 7.22. The van der Waals surface area contributed by atoms with E-state index in [2.05, 4.69) is 30.1 Å². The Labute approximate surface area is 116 Å². The number of hydrogen-bond acceptors (Lipinski definition) is 4. The van der Waals surface area contributed by atoms with Gasteiger partial charge in [-0.25, -0.2) is 0 Å². The zero-order chi connectivity index (χ0) is 13.7. The van der Waals surface area contributed by atoms with Crippen molar-refractivity contribution in [2.75, 3.05) is 20.3 Å². The Morgan fingerprint density at radius 2 is 2.26 bits per heavy atom. The van der Waals surface area contributed by atoms with Crippen LogP contribution >= 0.6 is 0 Å². The van der Waals surface area contributed by atoms with E-state index in [1.54, 1.807) is 13.4 Å². The second kappa shape index (κ2) is 7.08. The van der Waals surface area contributed by atoms with Crippen LogP contribution in [-0.4, -0.2) is 37.2 Å². The quantitative estimate of drug-likeness (QED) is 0.745. The molecule has 108 valence electrons. The van der Waals surface area contributed by atoms with Gasteiger partial charge in [-0.2, -0.15) is 0 Å². The molecule has 1 aromatic rings. The van der Waals surface area contributed by atoms with Gasteiger partial charge in [0.15, 0.2) is 0 Å². The summed E-state index contributed by atoms with van der Waals surface area (Å²) in [5.74, 6) is 1.08. The molecule has 4 nitrogen and oxygen atoms in total. The van der Waals surface area contributed by atoms with Crippen LogP contribution in [0, 0.1) is 0 Å². The lowest BCUT2D eigenvalue weighted by Gasteiger charge is -2.25. The molecule has 19 heavy (non-hydrogen) atoms. The van der Waals surface area contributed by atoms with Crippen LogP contribution in [0.2, 0.25) is 0 Å². The van der Waals surface area contributed by atoms with Crippen LogP contribution in [-0.2, 0) is 17.8 Å². The van der Waals surface area contributed by atoms with E-state index in [-0.39, 0.29) is 0 Å². The van der Waals surface area contributed by atoms with E-state index >= 15 is 0 Å². The second-order valence-electron chi connectivity index (χ2n) is 5.58. The van der Waals surface area contributed by atoms with E-state index < -0.39 is 0 Å². The molecule has 0 spiro atoms. The summed E-state index contributed by atoms with van der Waals surface area (Å²) in [4.78, 5) is 2.38. The van der Waals surface area contributed by atoms with E-state index in [9.17, 15) is 0 Å². The standard InChI is InChI=1S/C15H26N2O2/c1-12(2)17(7-9-18-3)11-15-13(6-8-19-15)10-16-14-4-5-14/h6,8,12,14,16H,4-5,7,9-11H2,1-3H3. The Hall–Kier alpha value is -0.840. The van der Waals surface area contributed by atoms with Gasteiger partial charge in [0, 0.05) is 37.8 Å². The van der Waals surface area contributed by atoms with Crippen molar-refractivity contribution in [1.29, 1.82) is 0 Å². The first-order valence-electron chi connectivity index (χ1n) is 7.22. The number of hydrogen-bond donors (Lipinski definition) is 1. The van der Waals surface area contributed by atoms with Gasteiger partial charge in [-0.3, -0.25) is 4.90 Å². The lowest BCUT2D eigenvalue weighted by molar-refractivity contribution is 0.119. The highest BCUT2D eigenvalue weighted by molar-refractivity contribution is 5.17. The largest absolute Gasteiger partial charge is 0.468 e. The monoisotopic (exact) mass is 266 g/mol. The van der Waals surface area contributed by atoms with E-state index in [1.807, 2.05) is 0 Å². The van der Waals surface area contributed by atoms with Gasteiger partial charge < -0.3 is 14.5 Å². The minimum absolute atomic E-state index is 0.490. The summed E-state index contributed by atoms with van der Waals surface area (Å²) in [5.41, 5.74) is 1.29. The van der Waals surface area contributed by atoms with Gasteiger partial charge in [0.2, 0.25) is 0 Å². The van der Waals surface area contributed by atoms with E-state index in [0.29, 0.717) is 6.04 Å². The van der Waals surface area contributed by atoms with Crippen molar-refractivity contribution in [2.45, 2.75) is 51.9 Å². The fourth-order valence-corrected chi connectivity index (χ4v) is 2.12. The third-order valence-electron chi connectivity index (χ3n) is 3.66. The zero-order valence-electron chi connectivity index (χ0n) is 12.3. The van der Waals surface area contributed by atoms with E-state index in [1.165, 1.54) is 18.4 Å².